The first-order valence-electron chi connectivity index (χ1n) is 4.81. The lowest BCUT2D eigenvalue weighted by atomic mass is 10.1. The quantitative estimate of drug-likeness (QED) is 0.781. The van der Waals surface area contributed by atoms with Crippen LogP contribution in [-0.4, -0.2) is 14.7 Å². The van der Waals surface area contributed by atoms with Crippen molar-refractivity contribution in [3.05, 3.63) is 29.6 Å². The van der Waals surface area contributed by atoms with Crippen LogP contribution in [0.3, 0.4) is 0 Å². The highest BCUT2D eigenvalue weighted by Gasteiger charge is 2.06. The normalized spacial score (nSPS) is 11.1. The van der Waals surface area contributed by atoms with Crippen molar-refractivity contribution in [1.82, 2.24) is 9.55 Å². The zero-order chi connectivity index (χ0) is 10.1. The van der Waals surface area contributed by atoms with Crippen LogP contribution < -0.4 is 0 Å². The number of aromatic nitrogens is 2. The van der Waals surface area contributed by atoms with E-state index in [1.54, 1.807) is 0 Å². The van der Waals surface area contributed by atoms with Gasteiger partial charge in [0, 0.05) is 7.05 Å². The van der Waals surface area contributed by atoms with Crippen LogP contribution in [0, 0.1) is 0 Å². The summed E-state index contributed by atoms with van der Waals surface area (Å²) in [5.41, 5.74) is 3.32. The van der Waals surface area contributed by atoms with E-state index in [4.69, 9.17) is 5.11 Å². The second-order valence-electron chi connectivity index (χ2n) is 3.42. The van der Waals surface area contributed by atoms with Crippen molar-refractivity contribution in [2.24, 2.45) is 7.05 Å². The van der Waals surface area contributed by atoms with Gasteiger partial charge in [0.2, 0.25) is 0 Å². The van der Waals surface area contributed by atoms with E-state index in [2.05, 4.69) is 30.1 Å². The Hall–Kier alpha value is -1.35. The summed E-state index contributed by atoms with van der Waals surface area (Å²) >= 11 is 0. The molecule has 1 N–H and O–H groups in total. The van der Waals surface area contributed by atoms with Crippen LogP contribution in [0.5, 0.6) is 0 Å². The third kappa shape index (κ3) is 1.30. The maximum Gasteiger partial charge on any atom is 0.135 e. The van der Waals surface area contributed by atoms with Crippen LogP contribution in [0.25, 0.3) is 11.0 Å². The molecule has 3 nitrogen and oxygen atoms in total. The zero-order valence-electron chi connectivity index (χ0n) is 8.49. The first-order chi connectivity index (χ1) is 6.76. The SMILES string of the molecule is CCc1ccc2c(c1)nc(CO)n2C. The van der Waals surface area contributed by atoms with Crippen molar-refractivity contribution in [3.63, 3.8) is 0 Å². The number of aliphatic hydroxyl groups is 1. The van der Waals surface area contributed by atoms with Gasteiger partial charge in [-0.15, -0.1) is 0 Å². The van der Waals surface area contributed by atoms with Gasteiger partial charge in [0.25, 0.3) is 0 Å². The van der Waals surface area contributed by atoms with E-state index in [1.807, 2.05) is 11.6 Å². The van der Waals surface area contributed by atoms with Crippen LogP contribution >= 0.6 is 0 Å². The number of aliphatic hydroxyl groups excluding tert-OH is 1. The standard InChI is InChI=1S/C11H14N2O/c1-3-8-4-5-10-9(6-8)12-11(7-14)13(10)2/h4-6,14H,3,7H2,1-2H3. The minimum absolute atomic E-state index is 0.00730. The summed E-state index contributed by atoms with van der Waals surface area (Å²) in [6.07, 6.45) is 1.01. The van der Waals surface area contributed by atoms with Gasteiger partial charge in [0.05, 0.1) is 11.0 Å². The molecule has 0 fully saturated rings. The molecule has 0 saturated heterocycles. The van der Waals surface area contributed by atoms with E-state index in [9.17, 15) is 0 Å². The number of aryl methyl sites for hydroxylation is 2. The number of fused-ring (bicyclic) bond motifs is 1. The third-order valence-electron chi connectivity index (χ3n) is 2.59. The van der Waals surface area contributed by atoms with E-state index in [0.717, 1.165) is 17.5 Å². The molecule has 74 valence electrons. The van der Waals surface area contributed by atoms with E-state index in [-0.39, 0.29) is 6.61 Å². The summed E-state index contributed by atoms with van der Waals surface area (Å²) in [7, 11) is 1.92. The molecular weight excluding hydrogens is 176 g/mol. The highest BCUT2D eigenvalue weighted by atomic mass is 16.3. The Labute approximate surface area is 83.0 Å². The summed E-state index contributed by atoms with van der Waals surface area (Å²) in [5.74, 6) is 0.716. The lowest BCUT2D eigenvalue weighted by Gasteiger charge is -1.98. The van der Waals surface area contributed by atoms with Crippen molar-refractivity contribution in [2.45, 2.75) is 20.0 Å². The van der Waals surface area contributed by atoms with Gasteiger partial charge in [-0.3, -0.25) is 0 Å². The maximum atomic E-state index is 9.06. The molecule has 1 aromatic heterocycles. The molecule has 0 aliphatic heterocycles. The highest BCUT2D eigenvalue weighted by molar-refractivity contribution is 5.76. The van der Waals surface area contributed by atoms with Crippen molar-refractivity contribution >= 4 is 11.0 Å². The smallest absolute Gasteiger partial charge is 0.135 e. The van der Waals surface area contributed by atoms with Crippen LogP contribution in [-0.2, 0) is 20.1 Å². The van der Waals surface area contributed by atoms with Crippen molar-refractivity contribution < 1.29 is 5.11 Å². The van der Waals surface area contributed by atoms with Gasteiger partial charge in [0.15, 0.2) is 0 Å². The van der Waals surface area contributed by atoms with Crippen LogP contribution in [0.2, 0.25) is 0 Å². The number of hydrogen-bond acceptors (Lipinski definition) is 2. The average Bonchev–Trinajstić information content (AvgIpc) is 2.55. The molecule has 0 amide bonds. The lowest BCUT2D eigenvalue weighted by Crippen LogP contribution is -1.96. The number of hydrogen-bond donors (Lipinski definition) is 1. The van der Waals surface area contributed by atoms with Gasteiger partial charge in [-0.1, -0.05) is 13.0 Å². The number of benzene rings is 1. The predicted octanol–water partition coefficient (Wildman–Crippen LogP) is 1.63. The third-order valence-corrected chi connectivity index (χ3v) is 2.59. The molecule has 0 aliphatic carbocycles. The Morgan fingerprint density at radius 2 is 2.21 bits per heavy atom. The summed E-state index contributed by atoms with van der Waals surface area (Å²) in [4.78, 5) is 4.35. The Balaban J connectivity index is 2.66. The Bertz CT molecular complexity index is 460. The fourth-order valence-corrected chi connectivity index (χ4v) is 1.66. The zero-order valence-corrected chi connectivity index (χ0v) is 8.49. The first kappa shape index (κ1) is 9.21. The molecule has 2 rings (SSSR count). The Morgan fingerprint density at radius 3 is 2.86 bits per heavy atom. The van der Waals surface area contributed by atoms with Crippen LogP contribution in [0.4, 0.5) is 0 Å². The molecule has 14 heavy (non-hydrogen) atoms. The van der Waals surface area contributed by atoms with Gasteiger partial charge in [-0.25, -0.2) is 4.98 Å². The minimum atomic E-state index is -0.00730. The first-order valence-corrected chi connectivity index (χ1v) is 4.81. The fraction of sp³-hybridized carbons (Fsp3) is 0.364. The molecule has 3 heteroatoms. The summed E-state index contributed by atoms with van der Waals surface area (Å²) in [5, 5.41) is 9.06. The molecule has 0 saturated carbocycles. The Morgan fingerprint density at radius 1 is 1.43 bits per heavy atom. The topological polar surface area (TPSA) is 38.1 Å². The molecule has 2 aromatic rings. The molecular formula is C11H14N2O. The van der Waals surface area contributed by atoms with Crippen molar-refractivity contribution in [1.29, 1.82) is 0 Å². The lowest BCUT2D eigenvalue weighted by molar-refractivity contribution is 0.268. The van der Waals surface area contributed by atoms with Crippen molar-refractivity contribution in [2.75, 3.05) is 0 Å². The van der Waals surface area contributed by atoms with E-state index < -0.39 is 0 Å². The van der Waals surface area contributed by atoms with Gasteiger partial charge >= 0.3 is 0 Å². The number of nitrogens with zero attached hydrogens (tertiary/aromatic N) is 2. The van der Waals surface area contributed by atoms with Crippen LogP contribution in [0.1, 0.15) is 18.3 Å². The highest BCUT2D eigenvalue weighted by Crippen LogP contribution is 2.16. The largest absolute Gasteiger partial charge is 0.388 e. The molecule has 0 radical (unpaired) electrons. The summed E-state index contributed by atoms with van der Waals surface area (Å²) in [6.45, 7) is 2.11. The molecule has 0 spiro atoms. The molecule has 0 aliphatic rings. The van der Waals surface area contributed by atoms with Gasteiger partial charge in [0.1, 0.15) is 12.4 Å². The number of imidazole rings is 1. The van der Waals surface area contributed by atoms with Crippen LogP contribution in [0.15, 0.2) is 18.2 Å². The molecule has 0 bridgehead atoms. The Kier molecular flexibility index (Phi) is 2.25. The minimum Gasteiger partial charge on any atom is -0.388 e. The average molecular weight is 190 g/mol. The second-order valence-corrected chi connectivity index (χ2v) is 3.42. The van der Waals surface area contributed by atoms with E-state index in [1.165, 1.54) is 5.56 Å². The summed E-state index contributed by atoms with van der Waals surface area (Å²) in [6, 6.07) is 6.24. The van der Waals surface area contributed by atoms with Gasteiger partial charge < -0.3 is 9.67 Å². The van der Waals surface area contributed by atoms with Crippen molar-refractivity contribution in [3.8, 4) is 0 Å². The van der Waals surface area contributed by atoms with Gasteiger partial charge in [-0.05, 0) is 24.1 Å². The predicted molar refractivity (Wildman–Crippen MR) is 56.0 cm³/mol. The second kappa shape index (κ2) is 3.42. The fourth-order valence-electron chi connectivity index (χ4n) is 1.66. The number of rotatable bonds is 2. The van der Waals surface area contributed by atoms with Gasteiger partial charge in [-0.2, -0.15) is 0 Å². The van der Waals surface area contributed by atoms with E-state index in [0.29, 0.717) is 5.82 Å². The maximum absolute atomic E-state index is 9.06. The summed E-state index contributed by atoms with van der Waals surface area (Å²) < 4.78 is 1.93. The molecule has 1 aromatic carbocycles. The van der Waals surface area contributed by atoms with E-state index >= 15 is 0 Å². The molecule has 0 atom stereocenters. The molecule has 1 heterocycles. The monoisotopic (exact) mass is 190 g/mol. The molecule has 0 unspecified atom stereocenters.